The predicted molar refractivity (Wildman–Crippen MR) is 78.0 cm³/mol. The Bertz CT molecular complexity index is 593. The minimum absolute atomic E-state index is 0.329. The fourth-order valence-electron chi connectivity index (χ4n) is 1.30. The highest BCUT2D eigenvalue weighted by Crippen LogP contribution is 2.21. The van der Waals surface area contributed by atoms with Crippen molar-refractivity contribution < 1.29 is 0 Å². The van der Waals surface area contributed by atoms with Gasteiger partial charge in [0.25, 0.3) is 0 Å². The van der Waals surface area contributed by atoms with Crippen molar-refractivity contribution in [2.45, 2.75) is 0 Å². The van der Waals surface area contributed by atoms with Crippen molar-refractivity contribution in [1.82, 2.24) is 9.97 Å². The maximum atomic E-state index is 8.69. The molecule has 0 saturated carbocycles. The molecule has 6 nitrogen and oxygen atoms in total. The molecule has 0 bridgehead atoms. The molecule has 0 aliphatic rings. The van der Waals surface area contributed by atoms with E-state index >= 15 is 0 Å². The quantitative estimate of drug-likeness (QED) is 0.711. The van der Waals surface area contributed by atoms with E-state index in [9.17, 15) is 0 Å². The normalized spacial score (nSPS) is 9.78. The standard InChI is InChI=1S/C11H9IN6/c12-8-9(14)17-11(18-10(8)15)16-7-3-1-6(5-13)2-4-7/h1-4H,(H5,14,15,16,17,18). The highest BCUT2D eigenvalue weighted by Gasteiger charge is 2.07. The van der Waals surface area contributed by atoms with E-state index in [1.807, 2.05) is 28.7 Å². The molecular formula is C11H9IN6. The minimum atomic E-state index is 0.329. The summed E-state index contributed by atoms with van der Waals surface area (Å²) in [6.45, 7) is 0. The molecule has 90 valence electrons. The van der Waals surface area contributed by atoms with Crippen LogP contribution >= 0.6 is 22.6 Å². The molecule has 0 aliphatic carbocycles. The van der Waals surface area contributed by atoms with Gasteiger partial charge in [-0.1, -0.05) is 0 Å². The van der Waals surface area contributed by atoms with Gasteiger partial charge in [-0.3, -0.25) is 0 Å². The summed E-state index contributed by atoms with van der Waals surface area (Å²) in [6, 6.07) is 8.95. The highest BCUT2D eigenvalue weighted by molar-refractivity contribution is 14.1. The van der Waals surface area contributed by atoms with Crippen molar-refractivity contribution in [3.8, 4) is 6.07 Å². The predicted octanol–water partition coefficient (Wildman–Crippen LogP) is 1.86. The summed E-state index contributed by atoms with van der Waals surface area (Å²) in [7, 11) is 0. The SMILES string of the molecule is N#Cc1ccc(Nc2nc(N)c(I)c(N)n2)cc1. The van der Waals surface area contributed by atoms with Gasteiger partial charge in [0, 0.05) is 5.69 Å². The maximum absolute atomic E-state index is 8.69. The van der Waals surface area contributed by atoms with Gasteiger partial charge in [0.2, 0.25) is 5.95 Å². The zero-order valence-corrected chi connectivity index (χ0v) is 11.3. The van der Waals surface area contributed by atoms with Crippen molar-refractivity contribution >= 4 is 45.9 Å². The number of nitrogens with zero attached hydrogens (tertiary/aromatic N) is 3. The first-order valence-corrected chi connectivity index (χ1v) is 6.03. The number of nitrogen functional groups attached to an aromatic ring is 2. The zero-order valence-electron chi connectivity index (χ0n) is 9.18. The second-order valence-electron chi connectivity index (χ2n) is 3.45. The second kappa shape index (κ2) is 5.05. The Labute approximate surface area is 117 Å². The average molecular weight is 352 g/mol. The summed E-state index contributed by atoms with van der Waals surface area (Å²) in [5, 5.41) is 11.7. The molecule has 0 amide bonds. The van der Waals surface area contributed by atoms with Crippen LogP contribution in [-0.2, 0) is 0 Å². The monoisotopic (exact) mass is 352 g/mol. The third kappa shape index (κ3) is 2.60. The third-order valence-electron chi connectivity index (χ3n) is 2.17. The molecule has 5 N–H and O–H groups in total. The molecule has 1 aromatic heterocycles. The van der Waals surface area contributed by atoms with E-state index in [2.05, 4.69) is 15.3 Å². The number of anilines is 4. The molecule has 1 aromatic carbocycles. The van der Waals surface area contributed by atoms with Gasteiger partial charge in [-0.2, -0.15) is 15.2 Å². The van der Waals surface area contributed by atoms with E-state index in [4.69, 9.17) is 16.7 Å². The summed E-state index contributed by atoms with van der Waals surface area (Å²) in [5.74, 6) is 0.994. The largest absolute Gasteiger partial charge is 0.383 e. The third-order valence-corrected chi connectivity index (χ3v) is 3.28. The van der Waals surface area contributed by atoms with Crippen LogP contribution in [0.5, 0.6) is 0 Å². The average Bonchev–Trinajstić information content (AvgIpc) is 2.37. The summed E-state index contributed by atoms with van der Waals surface area (Å²) in [4.78, 5) is 8.15. The Morgan fingerprint density at radius 3 is 2.17 bits per heavy atom. The Balaban J connectivity index is 2.26. The van der Waals surface area contributed by atoms with E-state index in [1.165, 1.54) is 0 Å². The topological polar surface area (TPSA) is 114 Å². The smallest absolute Gasteiger partial charge is 0.231 e. The molecule has 0 spiro atoms. The molecule has 0 unspecified atom stereocenters. The Kier molecular flexibility index (Phi) is 3.47. The van der Waals surface area contributed by atoms with E-state index in [0.29, 0.717) is 26.7 Å². The van der Waals surface area contributed by atoms with Crippen LogP contribution in [-0.4, -0.2) is 9.97 Å². The maximum Gasteiger partial charge on any atom is 0.231 e. The minimum Gasteiger partial charge on any atom is -0.383 e. The van der Waals surface area contributed by atoms with Gasteiger partial charge >= 0.3 is 0 Å². The summed E-state index contributed by atoms with van der Waals surface area (Å²) in [5.41, 5.74) is 12.7. The van der Waals surface area contributed by atoms with Crippen LogP contribution in [0.2, 0.25) is 0 Å². The van der Waals surface area contributed by atoms with Gasteiger partial charge in [0.05, 0.1) is 15.2 Å². The van der Waals surface area contributed by atoms with E-state index in [0.717, 1.165) is 5.69 Å². The highest BCUT2D eigenvalue weighted by atomic mass is 127. The number of aromatic nitrogens is 2. The molecule has 2 rings (SSSR count). The number of benzene rings is 1. The number of nitriles is 1. The zero-order chi connectivity index (χ0) is 13.1. The number of nitrogens with one attached hydrogen (secondary N) is 1. The van der Waals surface area contributed by atoms with Crippen molar-refractivity contribution in [3.63, 3.8) is 0 Å². The van der Waals surface area contributed by atoms with Crippen molar-refractivity contribution in [2.24, 2.45) is 0 Å². The summed E-state index contributed by atoms with van der Waals surface area (Å²) >= 11 is 1.99. The Morgan fingerprint density at radius 2 is 1.67 bits per heavy atom. The van der Waals surface area contributed by atoms with Gasteiger partial charge < -0.3 is 16.8 Å². The van der Waals surface area contributed by atoms with Gasteiger partial charge in [-0.25, -0.2) is 0 Å². The van der Waals surface area contributed by atoms with Crippen molar-refractivity contribution in [2.75, 3.05) is 16.8 Å². The second-order valence-corrected chi connectivity index (χ2v) is 4.52. The van der Waals surface area contributed by atoms with Crippen molar-refractivity contribution in [3.05, 3.63) is 33.4 Å². The van der Waals surface area contributed by atoms with Crippen LogP contribution in [0.1, 0.15) is 5.56 Å². The Morgan fingerprint density at radius 1 is 1.11 bits per heavy atom. The molecule has 0 fully saturated rings. The molecule has 2 aromatic rings. The molecule has 0 aliphatic heterocycles. The van der Waals surface area contributed by atoms with E-state index in [-0.39, 0.29) is 0 Å². The first-order valence-electron chi connectivity index (χ1n) is 4.96. The van der Waals surface area contributed by atoms with Crippen LogP contribution in [0.15, 0.2) is 24.3 Å². The van der Waals surface area contributed by atoms with Crippen molar-refractivity contribution in [1.29, 1.82) is 5.26 Å². The number of hydrogen-bond donors (Lipinski definition) is 3. The first kappa shape index (κ1) is 12.4. The van der Waals surface area contributed by atoms with Crippen LogP contribution in [0, 0.1) is 14.9 Å². The Hall–Kier alpha value is -2.08. The molecular weight excluding hydrogens is 343 g/mol. The van der Waals surface area contributed by atoms with Crippen LogP contribution in [0.4, 0.5) is 23.3 Å². The molecule has 7 heteroatoms. The van der Waals surface area contributed by atoms with E-state index < -0.39 is 0 Å². The molecule has 1 heterocycles. The van der Waals surface area contributed by atoms with E-state index in [1.54, 1.807) is 24.3 Å². The first-order chi connectivity index (χ1) is 8.60. The summed E-state index contributed by atoms with van der Waals surface area (Å²) in [6.07, 6.45) is 0. The lowest BCUT2D eigenvalue weighted by Gasteiger charge is -2.07. The van der Waals surface area contributed by atoms with Gasteiger partial charge in [0.15, 0.2) is 0 Å². The van der Waals surface area contributed by atoms with Gasteiger partial charge in [-0.05, 0) is 46.9 Å². The van der Waals surface area contributed by atoms with Gasteiger partial charge in [0.1, 0.15) is 11.6 Å². The molecule has 0 atom stereocenters. The van der Waals surface area contributed by atoms with Gasteiger partial charge in [-0.15, -0.1) is 0 Å². The van der Waals surface area contributed by atoms with Crippen LogP contribution < -0.4 is 16.8 Å². The number of nitrogens with two attached hydrogens (primary N) is 2. The van der Waals surface area contributed by atoms with Crippen LogP contribution in [0.3, 0.4) is 0 Å². The molecule has 0 saturated heterocycles. The number of hydrogen-bond acceptors (Lipinski definition) is 6. The van der Waals surface area contributed by atoms with Crippen LogP contribution in [0.25, 0.3) is 0 Å². The number of halogens is 1. The lowest BCUT2D eigenvalue weighted by molar-refractivity contribution is 1.17. The lowest BCUT2D eigenvalue weighted by Crippen LogP contribution is -2.06. The summed E-state index contributed by atoms with van der Waals surface area (Å²) < 4.78 is 0.637. The fraction of sp³-hybridized carbons (Fsp3) is 0. The number of rotatable bonds is 2. The fourth-order valence-corrected chi connectivity index (χ4v) is 1.54. The molecule has 18 heavy (non-hydrogen) atoms. The molecule has 0 radical (unpaired) electrons. The lowest BCUT2D eigenvalue weighted by atomic mass is 10.2.